The van der Waals surface area contributed by atoms with Crippen molar-refractivity contribution in [2.24, 2.45) is 0 Å². The SMILES string of the molecule is COc1ccc(S(=O)(=O)N2CCc3ccccc32)cc1C(=O)NCC(=O)N(C)C. The Morgan fingerprint density at radius 2 is 1.90 bits per heavy atom. The zero-order valence-corrected chi connectivity index (χ0v) is 17.3. The fraction of sp³-hybridized carbons (Fsp3) is 0.300. The van der Waals surface area contributed by atoms with Crippen molar-refractivity contribution in [1.82, 2.24) is 10.2 Å². The fourth-order valence-corrected chi connectivity index (χ4v) is 4.65. The number of likely N-dealkylation sites (N-methyl/N-ethyl adjacent to an activating group) is 1. The van der Waals surface area contributed by atoms with Crippen LogP contribution in [-0.4, -0.2) is 59.4 Å². The highest BCUT2D eigenvalue weighted by molar-refractivity contribution is 7.92. The third-order valence-electron chi connectivity index (χ3n) is 4.75. The molecule has 0 spiro atoms. The van der Waals surface area contributed by atoms with E-state index in [9.17, 15) is 18.0 Å². The number of hydrogen-bond donors (Lipinski definition) is 1. The topological polar surface area (TPSA) is 96.0 Å². The molecular formula is C20H23N3O5S. The number of amides is 2. The summed E-state index contributed by atoms with van der Waals surface area (Å²) in [5.41, 5.74) is 1.66. The Morgan fingerprint density at radius 1 is 1.17 bits per heavy atom. The van der Waals surface area contributed by atoms with Gasteiger partial charge in [0.25, 0.3) is 15.9 Å². The first-order chi connectivity index (χ1) is 13.8. The molecule has 0 unspecified atom stereocenters. The molecule has 1 heterocycles. The minimum atomic E-state index is -3.86. The van der Waals surface area contributed by atoms with Gasteiger partial charge in [0.1, 0.15) is 5.75 Å². The van der Waals surface area contributed by atoms with E-state index in [1.807, 2.05) is 12.1 Å². The summed E-state index contributed by atoms with van der Waals surface area (Å²) in [4.78, 5) is 25.6. The summed E-state index contributed by atoms with van der Waals surface area (Å²) in [6.45, 7) is 0.137. The van der Waals surface area contributed by atoms with Gasteiger partial charge in [-0.2, -0.15) is 0 Å². The summed E-state index contributed by atoms with van der Waals surface area (Å²) in [5, 5.41) is 2.50. The Kier molecular flexibility index (Phi) is 5.78. The van der Waals surface area contributed by atoms with Crippen molar-refractivity contribution < 1.29 is 22.7 Å². The molecule has 2 amide bonds. The van der Waals surface area contributed by atoms with Gasteiger partial charge < -0.3 is 15.0 Å². The van der Waals surface area contributed by atoms with Crippen LogP contribution in [0.15, 0.2) is 47.4 Å². The van der Waals surface area contributed by atoms with E-state index in [1.165, 1.54) is 34.5 Å². The van der Waals surface area contributed by atoms with Crippen LogP contribution in [0.3, 0.4) is 0 Å². The van der Waals surface area contributed by atoms with Crippen molar-refractivity contribution >= 4 is 27.5 Å². The zero-order chi connectivity index (χ0) is 21.2. The number of rotatable bonds is 6. The lowest BCUT2D eigenvalue weighted by Crippen LogP contribution is -2.36. The quantitative estimate of drug-likeness (QED) is 0.764. The third-order valence-corrected chi connectivity index (χ3v) is 6.56. The first-order valence-electron chi connectivity index (χ1n) is 9.02. The monoisotopic (exact) mass is 417 g/mol. The molecule has 9 heteroatoms. The molecule has 8 nitrogen and oxygen atoms in total. The van der Waals surface area contributed by atoms with E-state index < -0.39 is 15.9 Å². The molecule has 0 saturated heterocycles. The number of nitrogens with zero attached hydrogens (tertiary/aromatic N) is 2. The highest BCUT2D eigenvalue weighted by atomic mass is 32.2. The molecule has 0 fully saturated rings. The second-order valence-electron chi connectivity index (χ2n) is 6.79. The number of carbonyl (C=O) groups is 2. The minimum Gasteiger partial charge on any atom is -0.496 e. The van der Waals surface area contributed by atoms with Crippen molar-refractivity contribution in [1.29, 1.82) is 0 Å². The number of carbonyl (C=O) groups excluding carboxylic acids is 2. The van der Waals surface area contributed by atoms with Crippen LogP contribution >= 0.6 is 0 Å². The van der Waals surface area contributed by atoms with Gasteiger partial charge in [0.15, 0.2) is 0 Å². The number of benzene rings is 2. The van der Waals surface area contributed by atoms with E-state index in [4.69, 9.17) is 4.74 Å². The first-order valence-corrected chi connectivity index (χ1v) is 10.5. The van der Waals surface area contributed by atoms with E-state index in [-0.39, 0.29) is 28.7 Å². The average Bonchev–Trinajstić information content (AvgIpc) is 3.16. The summed E-state index contributed by atoms with van der Waals surface area (Å²) in [5.74, 6) is -0.647. The fourth-order valence-electron chi connectivity index (χ4n) is 3.12. The highest BCUT2D eigenvalue weighted by Gasteiger charge is 2.31. The normalized spacial score (nSPS) is 13.0. The van der Waals surface area contributed by atoms with Gasteiger partial charge in [-0.3, -0.25) is 13.9 Å². The van der Waals surface area contributed by atoms with Crippen molar-refractivity contribution in [3.05, 3.63) is 53.6 Å². The van der Waals surface area contributed by atoms with Crippen molar-refractivity contribution in [2.45, 2.75) is 11.3 Å². The molecule has 0 aromatic heterocycles. The maximum Gasteiger partial charge on any atom is 0.264 e. The van der Waals surface area contributed by atoms with Gasteiger partial charge in [0.05, 0.1) is 29.8 Å². The van der Waals surface area contributed by atoms with Crippen LogP contribution in [0, 0.1) is 0 Å². The molecule has 0 atom stereocenters. The number of para-hydroxylation sites is 1. The van der Waals surface area contributed by atoms with Crippen LogP contribution < -0.4 is 14.4 Å². The lowest BCUT2D eigenvalue weighted by molar-refractivity contribution is -0.127. The molecule has 1 N–H and O–H groups in total. The molecule has 1 aliphatic heterocycles. The average molecular weight is 417 g/mol. The van der Waals surface area contributed by atoms with Crippen LogP contribution in [0.4, 0.5) is 5.69 Å². The highest BCUT2D eigenvalue weighted by Crippen LogP contribution is 2.33. The van der Waals surface area contributed by atoms with Crippen LogP contribution in [0.2, 0.25) is 0 Å². The molecule has 154 valence electrons. The Bertz CT molecular complexity index is 1050. The van der Waals surface area contributed by atoms with E-state index in [0.29, 0.717) is 18.7 Å². The number of fused-ring (bicyclic) bond motifs is 1. The number of anilines is 1. The Balaban J connectivity index is 1.92. The molecule has 0 saturated carbocycles. The van der Waals surface area contributed by atoms with Gasteiger partial charge in [-0.15, -0.1) is 0 Å². The largest absolute Gasteiger partial charge is 0.496 e. The molecule has 3 rings (SSSR count). The first kappa shape index (κ1) is 20.7. The summed E-state index contributed by atoms with van der Waals surface area (Å²) in [7, 11) is 0.695. The molecular weight excluding hydrogens is 394 g/mol. The van der Waals surface area contributed by atoms with Gasteiger partial charge in [0, 0.05) is 20.6 Å². The minimum absolute atomic E-state index is 0.0147. The second kappa shape index (κ2) is 8.12. The Morgan fingerprint density at radius 3 is 2.59 bits per heavy atom. The maximum absolute atomic E-state index is 13.2. The molecule has 2 aromatic rings. The smallest absolute Gasteiger partial charge is 0.264 e. The molecule has 29 heavy (non-hydrogen) atoms. The third kappa shape index (κ3) is 4.04. The molecule has 0 bridgehead atoms. The van der Waals surface area contributed by atoms with Crippen molar-refractivity contribution in [2.75, 3.05) is 38.6 Å². The second-order valence-corrected chi connectivity index (χ2v) is 8.65. The molecule has 0 radical (unpaired) electrons. The van der Waals surface area contributed by atoms with Crippen LogP contribution in [0.25, 0.3) is 0 Å². The van der Waals surface area contributed by atoms with Gasteiger partial charge in [-0.25, -0.2) is 8.42 Å². The Labute approximate surface area is 170 Å². The van der Waals surface area contributed by atoms with Crippen LogP contribution in [0.1, 0.15) is 15.9 Å². The lowest BCUT2D eigenvalue weighted by Gasteiger charge is -2.20. The summed E-state index contributed by atoms with van der Waals surface area (Å²) < 4.78 is 33.0. The predicted molar refractivity (Wildman–Crippen MR) is 109 cm³/mol. The van der Waals surface area contributed by atoms with Gasteiger partial charge in [0.2, 0.25) is 5.91 Å². The predicted octanol–water partition coefficient (Wildman–Crippen LogP) is 1.26. The maximum atomic E-state index is 13.2. The van der Waals surface area contributed by atoms with Gasteiger partial charge >= 0.3 is 0 Å². The number of hydrogen-bond acceptors (Lipinski definition) is 5. The van der Waals surface area contributed by atoms with E-state index in [0.717, 1.165) is 5.56 Å². The molecule has 0 aliphatic carbocycles. The Hall–Kier alpha value is -3.07. The lowest BCUT2D eigenvalue weighted by atomic mass is 10.2. The van der Waals surface area contributed by atoms with Crippen LogP contribution in [-0.2, 0) is 21.2 Å². The van der Waals surface area contributed by atoms with Crippen LogP contribution in [0.5, 0.6) is 5.75 Å². The van der Waals surface area contributed by atoms with E-state index in [1.54, 1.807) is 26.2 Å². The van der Waals surface area contributed by atoms with Crippen molar-refractivity contribution in [3.8, 4) is 5.75 Å². The standard InChI is InChI=1S/C20H23N3O5S/c1-22(2)19(24)13-21-20(25)16-12-15(8-9-18(16)28-3)29(26,27)23-11-10-14-6-4-5-7-17(14)23/h4-9,12H,10-11,13H2,1-3H3,(H,21,25). The summed E-state index contributed by atoms with van der Waals surface area (Å²) >= 11 is 0. The summed E-state index contributed by atoms with van der Waals surface area (Å²) in [6, 6.07) is 11.5. The molecule has 2 aromatic carbocycles. The van der Waals surface area contributed by atoms with E-state index in [2.05, 4.69) is 5.32 Å². The van der Waals surface area contributed by atoms with Gasteiger partial charge in [-0.05, 0) is 36.2 Å². The number of methoxy groups -OCH3 is 1. The number of ether oxygens (including phenoxy) is 1. The van der Waals surface area contributed by atoms with E-state index >= 15 is 0 Å². The number of nitrogens with one attached hydrogen (secondary N) is 1. The van der Waals surface area contributed by atoms with Gasteiger partial charge in [-0.1, -0.05) is 18.2 Å². The number of sulfonamides is 1. The zero-order valence-electron chi connectivity index (χ0n) is 16.5. The molecule has 1 aliphatic rings. The van der Waals surface area contributed by atoms with Crippen molar-refractivity contribution in [3.63, 3.8) is 0 Å². The summed E-state index contributed by atoms with van der Waals surface area (Å²) in [6.07, 6.45) is 0.631.